The van der Waals surface area contributed by atoms with E-state index in [0.717, 1.165) is 21.9 Å². The van der Waals surface area contributed by atoms with Crippen molar-refractivity contribution >= 4 is 27.8 Å². The first-order valence-corrected chi connectivity index (χ1v) is 7.80. The first kappa shape index (κ1) is 14.5. The van der Waals surface area contributed by atoms with Crippen molar-refractivity contribution in [2.45, 2.75) is 6.17 Å². The van der Waals surface area contributed by atoms with Crippen molar-refractivity contribution in [1.29, 1.82) is 5.41 Å². The molecule has 0 fully saturated rings. The summed E-state index contributed by atoms with van der Waals surface area (Å²) in [7, 11) is 0. The quantitative estimate of drug-likeness (QED) is 0.302. The van der Waals surface area contributed by atoms with Crippen molar-refractivity contribution in [2.24, 2.45) is 5.73 Å². The van der Waals surface area contributed by atoms with Gasteiger partial charge >= 0.3 is 0 Å². The Balaban J connectivity index is 1.72. The molecular weight excluding hydrogens is 298 g/mol. The number of rotatable bonds is 3. The Kier molecular flexibility index (Phi) is 3.52. The number of benzene rings is 3. The monoisotopic (exact) mass is 315 g/mol. The number of hydrogen-bond donors (Lipinski definition) is 3. The van der Waals surface area contributed by atoms with E-state index in [9.17, 15) is 0 Å². The van der Waals surface area contributed by atoms with Crippen LogP contribution >= 0.6 is 0 Å². The molecule has 4 heteroatoms. The van der Waals surface area contributed by atoms with Gasteiger partial charge in [0.05, 0.1) is 5.56 Å². The van der Waals surface area contributed by atoms with E-state index in [4.69, 9.17) is 15.6 Å². The molecule has 1 atom stereocenters. The van der Waals surface area contributed by atoms with Crippen LogP contribution in [0, 0.1) is 5.41 Å². The summed E-state index contributed by atoms with van der Waals surface area (Å²) >= 11 is 0. The largest absolute Gasteiger partial charge is 0.455 e. The Morgan fingerprint density at radius 3 is 2.42 bits per heavy atom. The molecule has 24 heavy (non-hydrogen) atoms. The van der Waals surface area contributed by atoms with Gasteiger partial charge in [-0.1, -0.05) is 60.7 Å². The molecule has 4 aromatic rings. The van der Waals surface area contributed by atoms with Crippen LogP contribution < -0.4 is 11.1 Å². The van der Waals surface area contributed by atoms with Gasteiger partial charge in [0.2, 0.25) is 0 Å². The predicted molar refractivity (Wildman–Crippen MR) is 97.1 cm³/mol. The van der Waals surface area contributed by atoms with Crippen LogP contribution in [0.1, 0.15) is 17.3 Å². The van der Waals surface area contributed by atoms with Gasteiger partial charge in [-0.05, 0) is 17.7 Å². The highest BCUT2D eigenvalue weighted by atomic mass is 16.3. The lowest BCUT2D eigenvalue weighted by Gasteiger charge is -2.16. The first-order valence-electron chi connectivity index (χ1n) is 7.80. The fraction of sp³-hybridized carbons (Fsp3) is 0.0500. The molecule has 1 aromatic heterocycles. The Labute approximate surface area is 139 Å². The number of para-hydroxylation sites is 2. The molecule has 0 saturated heterocycles. The minimum Gasteiger partial charge on any atom is -0.455 e. The lowest BCUT2D eigenvalue weighted by Crippen LogP contribution is -2.34. The van der Waals surface area contributed by atoms with Crippen LogP contribution in [-0.2, 0) is 0 Å². The second-order valence-corrected chi connectivity index (χ2v) is 5.69. The highest BCUT2D eigenvalue weighted by Gasteiger charge is 2.15. The summed E-state index contributed by atoms with van der Waals surface area (Å²) in [6.45, 7) is 0. The summed E-state index contributed by atoms with van der Waals surface area (Å²) in [5, 5.41) is 13.5. The van der Waals surface area contributed by atoms with Gasteiger partial charge in [-0.15, -0.1) is 0 Å². The second kappa shape index (κ2) is 5.83. The highest BCUT2D eigenvalue weighted by Crippen LogP contribution is 2.30. The minimum absolute atomic E-state index is 0.246. The van der Waals surface area contributed by atoms with Crippen LogP contribution in [-0.4, -0.2) is 5.84 Å². The van der Waals surface area contributed by atoms with Crippen LogP contribution in [0.5, 0.6) is 0 Å². The van der Waals surface area contributed by atoms with Crippen molar-refractivity contribution in [3.63, 3.8) is 0 Å². The third-order valence-corrected chi connectivity index (χ3v) is 4.13. The molecule has 0 aliphatic heterocycles. The average Bonchev–Trinajstić information content (AvgIpc) is 3.01. The molecule has 0 radical (unpaired) electrons. The van der Waals surface area contributed by atoms with E-state index >= 15 is 0 Å². The van der Waals surface area contributed by atoms with E-state index in [0.29, 0.717) is 11.1 Å². The highest BCUT2D eigenvalue weighted by molar-refractivity contribution is 6.13. The van der Waals surface area contributed by atoms with Crippen molar-refractivity contribution in [2.75, 3.05) is 0 Å². The van der Waals surface area contributed by atoms with Crippen LogP contribution in [0.25, 0.3) is 21.9 Å². The topological polar surface area (TPSA) is 75.0 Å². The molecule has 0 aliphatic carbocycles. The maximum Gasteiger partial charge on any atom is 0.146 e. The standard InChI is InChI=1S/C20H17N3O/c21-19(13-7-2-1-3-8-13)23-20(22)16-11-6-10-15-14-9-4-5-12-17(14)24-18(15)16/h1-12,19H,21H2,(H2,22,23). The van der Waals surface area contributed by atoms with Crippen molar-refractivity contribution in [3.05, 3.63) is 83.9 Å². The zero-order valence-corrected chi connectivity index (χ0v) is 13.0. The second-order valence-electron chi connectivity index (χ2n) is 5.69. The smallest absolute Gasteiger partial charge is 0.146 e. The Morgan fingerprint density at radius 1 is 0.875 bits per heavy atom. The van der Waals surface area contributed by atoms with Gasteiger partial charge < -0.3 is 15.5 Å². The lowest BCUT2D eigenvalue weighted by atomic mass is 10.1. The third-order valence-electron chi connectivity index (χ3n) is 4.13. The summed E-state index contributed by atoms with van der Waals surface area (Å²) in [5.41, 5.74) is 9.33. The number of nitrogens with two attached hydrogens (primary N) is 1. The van der Waals surface area contributed by atoms with Crippen molar-refractivity contribution < 1.29 is 4.42 Å². The molecular formula is C20H17N3O. The molecule has 0 amide bonds. The maximum absolute atomic E-state index is 8.41. The van der Waals surface area contributed by atoms with Gasteiger partial charge in [-0.2, -0.15) is 0 Å². The molecule has 0 bridgehead atoms. The molecule has 0 spiro atoms. The van der Waals surface area contributed by atoms with Crippen LogP contribution in [0.3, 0.4) is 0 Å². The first-order chi connectivity index (χ1) is 11.7. The van der Waals surface area contributed by atoms with Gasteiger partial charge in [0, 0.05) is 10.8 Å². The summed E-state index contributed by atoms with van der Waals surface area (Å²) < 4.78 is 5.97. The molecule has 0 aliphatic rings. The van der Waals surface area contributed by atoms with Gasteiger partial charge in [0.1, 0.15) is 23.2 Å². The van der Waals surface area contributed by atoms with Crippen LogP contribution in [0.2, 0.25) is 0 Å². The van der Waals surface area contributed by atoms with Crippen molar-refractivity contribution in [3.8, 4) is 0 Å². The summed E-state index contributed by atoms with van der Waals surface area (Å²) in [5.74, 6) is 0.246. The molecule has 4 rings (SSSR count). The van der Waals surface area contributed by atoms with Gasteiger partial charge in [-0.3, -0.25) is 5.41 Å². The molecule has 3 aromatic carbocycles. The predicted octanol–water partition coefficient (Wildman–Crippen LogP) is 4.16. The van der Waals surface area contributed by atoms with E-state index in [2.05, 4.69) is 5.32 Å². The SMILES string of the molecule is N=C(NC(N)c1ccccc1)c1cccc2c1oc1ccccc12. The minimum atomic E-state index is -0.446. The molecule has 0 saturated carbocycles. The lowest BCUT2D eigenvalue weighted by molar-refractivity contribution is 0.661. The summed E-state index contributed by atoms with van der Waals surface area (Å²) in [4.78, 5) is 0. The summed E-state index contributed by atoms with van der Waals surface area (Å²) in [6.07, 6.45) is -0.446. The van der Waals surface area contributed by atoms with Gasteiger partial charge in [-0.25, -0.2) is 0 Å². The average molecular weight is 315 g/mol. The number of fused-ring (bicyclic) bond motifs is 3. The number of hydrogen-bond acceptors (Lipinski definition) is 3. The van der Waals surface area contributed by atoms with Gasteiger partial charge in [0.15, 0.2) is 0 Å². The Bertz CT molecular complexity index is 1020. The molecule has 4 N–H and O–H groups in total. The zero-order valence-electron chi connectivity index (χ0n) is 13.0. The van der Waals surface area contributed by atoms with Crippen LogP contribution in [0.15, 0.2) is 77.2 Å². The normalized spacial score (nSPS) is 12.4. The maximum atomic E-state index is 8.41. The molecule has 4 nitrogen and oxygen atoms in total. The Morgan fingerprint density at radius 2 is 1.58 bits per heavy atom. The van der Waals surface area contributed by atoms with Gasteiger partial charge in [0.25, 0.3) is 0 Å². The number of amidine groups is 1. The van der Waals surface area contributed by atoms with E-state index in [1.807, 2.05) is 72.8 Å². The number of furan rings is 1. The fourth-order valence-electron chi connectivity index (χ4n) is 2.92. The zero-order chi connectivity index (χ0) is 16.5. The van der Waals surface area contributed by atoms with Crippen LogP contribution in [0.4, 0.5) is 0 Å². The summed E-state index contributed by atoms with van der Waals surface area (Å²) in [6, 6.07) is 23.4. The van der Waals surface area contributed by atoms with E-state index in [1.54, 1.807) is 0 Å². The molecule has 1 heterocycles. The molecule has 1 unspecified atom stereocenters. The number of nitrogens with one attached hydrogen (secondary N) is 2. The Hall–Kier alpha value is -3.11. The van der Waals surface area contributed by atoms with E-state index < -0.39 is 6.17 Å². The molecule has 118 valence electrons. The third kappa shape index (κ3) is 2.43. The fourth-order valence-corrected chi connectivity index (χ4v) is 2.92. The van der Waals surface area contributed by atoms with E-state index in [1.165, 1.54) is 0 Å². The van der Waals surface area contributed by atoms with Crippen molar-refractivity contribution in [1.82, 2.24) is 5.32 Å². The van der Waals surface area contributed by atoms with E-state index in [-0.39, 0.29) is 5.84 Å².